The summed E-state index contributed by atoms with van der Waals surface area (Å²) < 4.78 is 5.23. The summed E-state index contributed by atoms with van der Waals surface area (Å²) in [4.78, 5) is 0. The predicted octanol–water partition coefficient (Wildman–Crippen LogP) is 3.77. The molecule has 1 fully saturated rings. The van der Waals surface area contributed by atoms with Crippen LogP contribution in [0.1, 0.15) is 37.7 Å². The molecule has 1 saturated carbocycles. The second-order valence-electron chi connectivity index (χ2n) is 5.22. The second-order valence-corrected chi connectivity index (χ2v) is 5.63. The maximum absolute atomic E-state index is 6.27. The van der Waals surface area contributed by atoms with E-state index in [0.717, 1.165) is 17.3 Å². The second kappa shape index (κ2) is 5.94. The third-order valence-electron chi connectivity index (χ3n) is 4.09. The summed E-state index contributed by atoms with van der Waals surface area (Å²) in [5, 5.41) is 4.07. The molecule has 1 N–H and O–H groups in total. The Balaban J connectivity index is 2.33. The maximum atomic E-state index is 6.27. The van der Waals surface area contributed by atoms with Crippen molar-refractivity contribution in [2.45, 2.75) is 37.5 Å². The Kier molecular flexibility index (Phi) is 4.52. The van der Waals surface area contributed by atoms with Crippen LogP contribution >= 0.6 is 11.6 Å². The summed E-state index contributed by atoms with van der Waals surface area (Å²) in [6, 6.07) is 6.25. The minimum Gasteiger partial charge on any atom is -0.495 e. The average Bonchev–Trinajstić information content (AvgIpc) is 2.40. The average molecular weight is 268 g/mol. The monoisotopic (exact) mass is 267 g/mol. The Bertz CT molecular complexity index is 394. The van der Waals surface area contributed by atoms with Crippen LogP contribution in [0.3, 0.4) is 0 Å². The van der Waals surface area contributed by atoms with Crippen LogP contribution in [0.5, 0.6) is 5.75 Å². The van der Waals surface area contributed by atoms with Crippen molar-refractivity contribution in [3.8, 4) is 5.75 Å². The number of halogens is 1. The van der Waals surface area contributed by atoms with E-state index in [9.17, 15) is 0 Å². The van der Waals surface area contributed by atoms with Crippen LogP contribution in [0.15, 0.2) is 18.2 Å². The highest BCUT2D eigenvalue weighted by Crippen LogP contribution is 2.41. The first-order chi connectivity index (χ1) is 8.72. The van der Waals surface area contributed by atoms with Gasteiger partial charge in [-0.05, 0) is 37.6 Å². The van der Waals surface area contributed by atoms with E-state index in [0.29, 0.717) is 0 Å². The zero-order valence-corrected chi connectivity index (χ0v) is 12.0. The molecule has 0 amide bonds. The number of rotatable bonds is 4. The molecule has 0 bridgehead atoms. The van der Waals surface area contributed by atoms with Crippen molar-refractivity contribution in [3.05, 3.63) is 28.8 Å². The van der Waals surface area contributed by atoms with Crippen molar-refractivity contribution >= 4 is 11.6 Å². The number of methoxy groups -OCH3 is 1. The Morgan fingerprint density at radius 3 is 2.56 bits per heavy atom. The first-order valence-corrected chi connectivity index (χ1v) is 7.08. The molecule has 0 aromatic heterocycles. The quantitative estimate of drug-likeness (QED) is 0.897. The minimum absolute atomic E-state index is 0.253. The standard InChI is InChI=1S/C15H22ClNO/c1-17-11-15(8-4-3-5-9-15)12-6-7-14(18-2)13(16)10-12/h6-7,10,17H,3-5,8-9,11H2,1-2H3. The number of benzene rings is 1. The van der Waals surface area contributed by atoms with E-state index in [1.54, 1.807) is 7.11 Å². The van der Waals surface area contributed by atoms with Crippen LogP contribution in [-0.4, -0.2) is 20.7 Å². The van der Waals surface area contributed by atoms with Gasteiger partial charge < -0.3 is 10.1 Å². The normalized spacial score (nSPS) is 18.6. The van der Waals surface area contributed by atoms with Crippen LogP contribution in [0.4, 0.5) is 0 Å². The fraction of sp³-hybridized carbons (Fsp3) is 0.600. The van der Waals surface area contributed by atoms with Gasteiger partial charge in [0.05, 0.1) is 12.1 Å². The van der Waals surface area contributed by atoms with Crippen LogP contribution < -0.4 is 10.1 Å². The summed E-state index contributed by atoms with van der Waals surface area (Å²) >= 11 is 6.27. The van der Waals surface area contributed by atoms with Gasteiger partial charge in [-0.15, -0.1) is 0 Å². The molecule has 1 aromatic rings. The van der Waals surface area contributed by atoms with Gasteiger partial charge in [-0.3, -0.25) is 0 Å². The van der Waals surface area contributed by atoms with E-state index in [2.05, 4.69) is 17.4 Å². The molecule has 18 heavy (non-hydrogen) atoms. The fourth-order valence-electron chi connectivity index (χ4n) is 3.13. The summed E-state index contributed by atoms with van der Waals surface area (Å²) in [5.41, 5.74) is 1.60. The van der Waals surface area contributed by atoms with E-state index in [4.69, 9.17) is 16.3 Å². The first kappa shape index (κ1) is 13.7. The fourth-order valence-corrected chi connectivity index (χ4v) is 3.39. The topological polar surface area (TPSA) is 21.3 Å². The Labute approximate surface area is 115 Å². The van der Waals surface area contributed by atoms with Crippen molar-refractivity contribution in [2.75, 3.05) is 20.7 Å². The summed E-state index contributed by atoms with van der Waals surface area (Å²) in [5.74, 6) is 0.760. The molecule has 1 aliphatic carbocycles. The lowest BCUT2D eigenvalue weighted by atomic mass is 9.69. The van der Waals surface area contributed by atoms with Gasteiger partial charge in [-0.2, -0.15) is 0 Å². The molecule has 0 heterocycles. The minimum atomic E-state index is 0.253. The lowest BCUT2D eigenvalue weighted by Gasteiger charge is -2.38. The smallest absolute Gasteiger partial charge is 0.137 e. The zero-order chi connectivity index (χ0) is 13.0. The van der Waals surface area contributed by atoms with Crippen molar-refractivity contribution in [3.63, 3.8) is 0 Å². The molecule has 0 unspecified atom stereocenters. The Hall–Kier alpha value is -0.730. The molecular weight excluding hydrogens is 246 g/mol. The first-order valence-electron chi connectivity index (χ1n) is 6.70. The van der Waals surface area contributed by atoms with E-state index in [1.807, 2.05) is 13.1 Å². The number of likely N-dealkylation sites (N-methyl/N-ethyl adjacent to an activating group) is 1. The molecular formula is C15H22ClNO. The molecule has 100 valence electrons. The van der Waals surface area contributed by atoms with Gasteiger partial charge in [0.2, 0.25) is 0 Å². The lowest BCUT2D eigenvalue weighted by Crippen LogP contribution is -2.38. The number of hydrogen-bond acceptors (Lipinski definition) is 2. The van der Waals surface area contributed by atoms with Gasteiger partial charge in [0, 0.05) is 12.0 Å². The summed E-state index contributed by atoms with van der Waals surface area (Å²) in [7, 11) is 3.69. The van der Waals surface area contributed by atoms with Crippen molar-refractivity contribution < 1.29 is 4.74 Å². The number of ether oxygens (including phenoxy) is 1. The van der Waals surface area contributed by atoms with Crippen molar-refractivity contribution in [1.82, 2.24) is 5.32 Å². The third kappa shape index (κ3) is 2.65. The molecule has 3 heteroatoms. The molecule has 2 rings (SSSR count). The highest BCUT2D eigenvalue weighted by molar-refractivity contribution is 6.32. The molecule has 2 nitrogen and oxygen atoms in total. The SMILES string of the molecule is CNCC1(c2ccc(OC)c(Cl)c2)CCCCC1. The van der Waals surface area contributed by atoms with E-state index in [-0.39, 0.29) is 5.41 Å². The molecule has 1 aromatic carbocycles. The van der Waals surface area contributed by atoms with Gasteiger partial charge in [0.1, 0.15) is 5.75 Å². The van der Waals surface area contributed by atoms with Gasteiger partial charge in [0.15, 0.2) is 0 Å². The Morgan fingerprint density at radius 1 is 1.28 bits per heavy atom. The van der Waals surface area contributed by atoms with Crippen LogP contribution in [0, 0.1) is 0 Å². The van der Waals surface area contributed by atoms with Gasteiger partial charge in [-0.1, -0.05) is 36.9 Å². The van der Waals surface area contributed by atoms with E-state index < -0.39 is 0 Å². The molecule has 0 atom stereocenters. The zero-order valence-electron chi connectivity index (χ0n) is 11.3. The van der Waals surface area contributed by atoms with Crippen molar-refractivity contribution in [1.29, 1.82) is 0 Å². The highest BCUT2D eigenvalue weighted by atomic mass is 35.5. The maximum Gasteiger partial charge on any atom is 0.137 e. The van der Waals surface area contributed by atoms with Crippen molar-refractivity contribution in [2.24, 2.45) is 0 Å². The Morgan fingerprint density at radius 2 is 2.00 bits per heavy atom. The molecule has 0 radical (unpaired) electrons. The van der Waals surface area contributed by atoms with Crippen LogP contribution in [0.25, 0.3) is 0 Å². The predicted molar refractivity (Wildman–Crippen MR) is 76.7 cm³/mol. The van der Waals surface area contributed by atoms with E-state index in [1.165, 1.54) is 37.7 Å². The molecule has 1 aliphatic rings. The van der Waals surface area contributed by atoms with Gasteiger partial charge in [-0.25, -0.2) is 0 Å². The number of hydrogen-bond donors (Lipinski definition) is 1. The van der Waals surface area contributed by atoms with Crippen LogP contribution in [-0.2, 0) is 5.41 Å². The van der Waals surface area contributed by atoms with Gasteiger partial charge >= 0.3 is 0 Å². The highest BCUT2D eigenvalue weighted by Gasteiger charge is 2.33. The van der Waals surface area contributed by atoms with Crippen LogP contribution in [0.2, 0.25) is 5.02 Å². The van der Waals surface area contributed by atoms with E-state index >= 15 is 0 Å². The third-order valence-corrected chi connectivity index (χ3v) is 4.39. The van der Waals surface area contributed by atoms with Gasteiger partial charge in [0.25, 0.3) is 0 Å². The summed E-state index contributed by atoms with van der Waals surface area (Å²) in [6.07, 6.45) is 6.47. The number of nitrogens with one attached hydrogen (secondary N) is 1. The molecule has 0 saturated heterocycles. The lowest BCUT2D eigenvalue weighted by molar-refractivity contribution is 0.286. The largest absolute Gasteiger partial charge is 0.495 e. The summed E-state index contributed by atoms with van der Waals surface area (Å²) in [6.45, 7) is 1.02. The molecule has 0 aliphatic heterocycles. The molecule has 0 spiro atoms.